The summed E-state index contributed by atoms with van der Waals surface area (Å²) in [7, 11) is 4.42. The molecule has 198 valence electrons. The Kier molecular flexibility index (Phi) is 8.12. The molecule has 1 aliphatic heterocycles. The summed E-state index contributed by atoms with van der Waals surface area (Å²) >= 11 is 6.25. The Balaban J connectivity index is 1.90. The van der Waals surface area contributed by atoms with Crippen molar-refractivity contribution in [2.24, 2.45) is 0 Å². The first-order valence-corrected chi connectivity index (χ1v) is 12.3. The van der Waals surface area contributed by atoms with Crippen molar-refractivity contribution in [1.82, 2.24) is 4.90 Å². The molecule has 1 saturated heterocycles. The van der Waals surface area contributed by atoms with Crippen LogP contribution in [0.4, 0.5) is 0 Å². The quantitative estimate of drug-likeness (QED) is 0.222. The normalized spacial score (nSPS) is 16.4. The summed E-state index contributed by atoms with van der Waals surface area (Å²) in [5.41, 5.74) is 1.47. The number of hydrogen-bond donors (Lipinski definition) is 1. The van der Waals surface area contributed by atoms with Gasteiger partial charge in [-0.3, -0.25) is 9.59 Å². The van der Waals surface area contributed by atoms with E-state index >= 15 is 0 Å². The van der Waals surface area contributed by atoms with Crippen molar-refractivity contribution in [2.75, 3.05) is 27.9 Å². The van der Waals surface area contributed by atoms with Crippen molar-refractivity contribution in [2.45, 2.75) is 19.5 Å². The number of hydrogen-bond acceptors (Lipinski definition) is 7. The zero-order valence-corrected chi connectivity index (χ0v) is 22.2. The maximum atomic E-state index is 13.5. The van der Waals surface area contributed by atoms with E-state index in [0.29, 0.717) is 23.7 Å². The maximum Gasteiger partial charge on any atom is 0.295 e. The fourth-order valence-electron chi connectivity index (χ4n) is 4.45. The van der Waals surface area contributed by atoms with E-state index < -0.39 is 23.5 Å². The fourth-order valence-corrected chi connectivity index (χ4v) is 4.68. The van der Waals surface area contributed by atoms with Crippen LogP contribution in [-0.2, 0) is 16.1 Å². The first-order valence-electron chi connectivity index (χ1n) is 11.9. The first kappa shape index (κ1) is 26.9. The summed E-state index contributed by atoms with van der Waals surface area (Å²) in [5, 5.41) is 11.8. The third-order valence-corrected chi connectivity index (χ3v) is 6.56. The van der Waals surface area contributed by atoms with Gasteiger partial charge in [-0.1, -0.05) is 35.9 Å². The molecule has 0 saturated carbocycles. The molecule has 8 nitrogen and oxygen atoms in total. The summed E-state index contributed by atoms with van der Waals surface area (Å²) < 4.78 is 21.6. The van der Waals surface area contributed by atoms with Crippen molar-refractivity contribution >= 4 is 29.1 Å². The molecule has 1 atom stereocenters. The molecule has 0 bridgehead atoms. The molecule has 1 unspecified atom stereocenters. The Bertz CT molecular complexity index is 1380. The van der Waals surface area contributed by atoms with Crippen LogP contribution in [-0.4, -0.2) is 49.6 Å². The van der Waals surface area contributed by atoms with Crippen LogP contribution in [0.3, 0.4) is 0 Å². The van der Waals surface area contributed by atoms with Gasteiger partial charge in [0, 0.05) is 12.6 Å². The van der Waals surface area contributed by atoms with Crippen LogP contribution >= 0.6 is 11.6 Å². The van der Waals surface area contributed by atoms with Gasteiger partial charge in [0.2, 0.25) is 0 Å². The van der Waals surface area contributed by atoms with Gasteiger partial charge < -0.3 is 29.0 Å². The third kappa shape index (κ3) is 5.13. The maximum absolute atomic E-state index is 13.5. The van der Waals surface area contributed by atoms with Gasteiger partial charge >= 0.3 is 0 Å². The Morgan fingerprint density at radius 2 is 1.63 bits per heavy atom. The number of benzene rings is 3. The number of halogens is 1. The molecule has 1 amide bonds. The number of carbonyl (C=O) groups excluding carboxylic acids is 2. The molecule has 1 fully saturated rings. The highest BCUT2D eigenvalue weighted by atomic mass is 35.5. The zero-order valence-electron chi connectivity index (χ0n) is 21.5. The second kappa shape index (κ2) is 11.5. The van der Waals surface area contributed by atoms with Gasteiger partial charge in [0.05, 0.1) is 50.1 Å². The number of methoxy groups -OCH3 is 3. The Hall–Kier alpha value is -4.17. The van der Waals surface area contributed by atoms with Crippen LogP contribution in [0.1, 0.15) is 29.7 Å². The van der Waals surface area contributed by atoms with Gasteiger partial charge in [-0.25, -0.2) is 0 Å². The summed E-state index contributed by atoms with van der Waals surface area (Å²) in [6, 6.07) is 16.4. The molecule has 1 aliphatic rings. The lowest BCUT2D eigenvalue weighted by molar-refractivity contribution is -0.140. The average molecular weight is 538 g/mol. The second-order valence-electron chi connectivity index (χ2n) is 8.47. The van der Waals surface area contributed by atoms with E-state index in [2.05, 4.69) is 0 Å². The highest BCUT2D eigenvalue weighted by molar-refractivity contribution is 6.46. The number of nitrogens with zero attached hydrogens (tertiary/aromatic N) is 1. The number of carbonyl (C=O) groups is 2. The number of aliphatic hydroxyl groups excluding tert-OH is 1. The smallest absolute Gasteiger partial charge is 0.295 e. The molecule has 0 spiro atoms. The number of ether oxygens (including phenoxy) is 4. The van der Waals surface area contributed by atoms with E-state index in [1.165, 1.54) is 31.3 Å². The van der Waals surface area contributed by atoms with Gasteiger partial charge in [0.1, 0.15) is 28.8 Å². The second-order valence-corrected chi connectivity index (χ2v) is 8.87. The number of likely N-dealkylation sites (tertiary alicyclic amines) is 1. The first-order chi connectivity index (χ1) is 18.3. The molecule has 0 aromatic heterocycles. The number of Topliss-reactive ketones (excluding diaryl/α,β-unsaturated/α-hetero) is 1. The van der Waals surface area contributed by atoms with Gasteiger partial charge in [-0.05, 0) is 48.4 Å². The van der Waals surface area contributed by atoms with Crippen LogP contribution in [0.5, 0.6) is 23.0 Å². The highest BCUT2D eigenvalue weighted by Crippen LogP contribution is 2.44. The minimum absolute atomic E-state index is 0.0835. The molecule has 1 N–H and O–H groups in total. The summed E-state index contributed by atoms with van der Waals surface area (Å²) in [5.74, 6) is -0.230. The van der Waals surface area contributed by atoms with Gasteiger partial charge in [-0.15, -0.1) is 0 Å². The summed E-state index contributed by atoms with van der Waals surface area (Å²) in [4.78, 5) is 28.3. The predicted molar refractivity (Wildman–Crippen MR) is 143 cm³/mol. The molecule has 4 rings (SSSR count). The minimum atomic E-state index is -0.899. The van der Waals surface area contributed by atoms with E-state index in [1.807, 2.05) is 19.1 Å². The van der Waals surface area contributed by atoms with E-state index in [9.17, 15) is 14.7 Å². The Morgan fingerprint density at radius 1 is 0.921 bits per heavy atom. The molecule has 1 heterocycles. The van der Waals surface area contributed by atoms with Gasteiger partial charge in [-0.2, -0.15) is 0 Å². The molecule has 9 heteroatoms. The summed E-state index contributed by atoms with van der Waals surface area (Å²) in [6.45, 7) is 2.43. The van der Waals surface area contributed by atoms with Crippen LogP contribution in [0.25, 0.3) is 5.76 Å². The lowest BCUT2D eigenvalue weighted by atomic mass is 9.94. The van der Waals surface area contributed by atoms with Crippen LogP contribution in [0.2, 0.25) is 5.02 Å². The SMILES string of the molecule is CCOc1cccc(C2/C(=C(\O)c3cc(OC)c(Cl)cc3OC)C(=O)C(=O)N2Cc2ccc(OC)cc2)c1. The lowest BCUT2D eigenvalue weighted by Crippen LogP contribution is -2.29. The van der Waals surface area contributed by atoms with Crippen LogP contribution in [0.15, 0.2) is 66.2 Å². The lowest BCUT2D eigenvalue weighted by Gasteiger charge is -2.26. The zero-order chi connectivity index (χ0) is 27.4. The van der Waals surface area contributed by atoms with Crippen molar-refractivity contribution in [1.29, 1.82) is 0 Å². The average Bonchev–Trinajstić information content (AvgIpc) is 3.18. The third-order valence-electron chi connectivity index (χ3n) is 6.27. The topological polar surface area (TPSA) is 94.5 Å². The highest BCUT2D eigenvalue weighted by Gasteiger charge is 2.46. The molecular formula is C29H28ClNO7. The van der Waals surface area contributed by atoms with Gasteiger partial charge in [0.15, 0.2) is 0 Å². The minimum Gasteiger partial charge on any atom is -0.507 e. The molecule has 3 aromatic rings. The van der Waals surface area contributed by atoms with Crippen molar-refractivity contribution in [3.63, 3.8) is 0 Å². The van der Waals surface area contributed by atoms with E-state index in [0.717, 1.165) is 5.56 Å². The van der Waals surface area contributed by atoms with Gasteiger partial charge in [0.25, 0.3) is 11.7 Å². The van der Waals surface area contributed by atoms with E-state index in [-0.39, 0.29) is 34.2 Å². The monoisotopic (exact) mass is 537 g/mol. The Labute approximate surface area is 225 Å². The molecule has 0 aliphatic carbocycles. The van der Waals surface area contributed by atoms with Crippen molar-refractivity contribution in [3.05, 3.63) is 87.9 Å². The number of rotatable bonds is 9. The largest absolute Gasteiger partial charge is 0.507 e. The van der Waals surface area contributed by atoms with Crippen LogP contribution < -0.4 is 18.9 Å². The van der Waals surface area contributed by atoms with Crippen molar-refractivity contribution < 1.29 is 33.6 Å². The predicted octanol–water partition coefficient (Wildman–Crippen LogP) is 5.39. The number of aliphatic hydroxyl groups is 1. The van der Waals surface area contributed by atoms with E-state index in [4.69, 9.17) is 30.5 Å². The fraction of sp³-hybridized carbons (Fsp3) is 0.241. The van der Waals surface area contributed by atoms with Crippen LogP contribution in [0, 0.1) is 0 Å². The van der Waals surface area contributed by atoms with Crippen molar-refractivity contribution in [3.8, 4) is 23.0 Å². The molecule has 3 aromatic carbocycles. The Morgan fingerprint density at radius 3 is 2.26 bits per heavy atom. The number of amides is 1. The molecular weight excluding hydrogens is 510 g/mol. The molecule has 38 heavy (non-hydrogen) atoms. The van der Waals surface area contributed by atoms with E-state index in [1.54, 1.807) is 43.5 Å². The summed E-state index contributed by atoms with van der Waals surface area (Å²) in [6.07, 6.45) is 0. The molecule has 0 radical (unpaired) electrons. The number of ketones is 1. The standard InChI is InChI=1S/C29H28ClNO7/c1-5-38-20-8-6-7-18(13-20)26-25(27(32)21-14-24(37-4)22(30)15-23(21)36-3)28(33)29(34)31(26)16-17-9-11-19(35-2)12-10-17/h6-15,26,32H,5,16H2,1-4H3/b27-25+.